The summed E-state index contributed by atoms with van der Waals surface area (Å²) in [5.74, 6) is -0.472. The summed E-state index contributed by atoms with van der Waals surface area (Å²) >= 11 is 0. The van der Waals surface area contributed by atoms with Crippen molar-refractivity contribution in [3.05, 3.63) is 42.0 Å². The molecule has 0 radical (unpaired) electrons. The first-order chi connectivity index (χ1) is 13.9. The number of hydrogen-bond acceptors (Lipinski definition) is 6. The van der Waals surface area contributed by atoms with Gasteiger partial charge in [0.15, 0.2) is 22.9 Å². The second kappa shape index (κ2) is 7.67. The number of carbonyl (C=O) groups is 1. The Morgan fingerprint density at radius 1 is 1.21 bits per heavy atom. The molecule has 0 aliphatic carbocycles. The molecular formula is C20H23FN6O2. The summed E-state index contributed by atoms with van der Waals surface area (Å²) < 4.78 is 19.9. The Kier molecular flexibility index (Phi) is 5.06. The predicted octanol–water partition coefficient (Wildman–Crippen LogP) is 2.64. The van der Waals surface area contributed by atoms with E-state index in [1.807, 2.05) is 0 Å². The number of nitrogen functional groups attached to an aromatic ring is 1. The lowest BCUT2D eigenvalue weighted by molar-refractivity contribution is 0.0591. The zero-order chi connectivity index (χ0) is 20.5. The van der Waals surface area contributed by atoms with E-state index in [4.69, 9.17) is 10.5 Å². The number of benzene rings is 1. The van der Waals surface area contributed by atoms with E-state index < -0.39 is 5.82 Å². The van der Waals surface area contributed by atoms with Crippen molar-refractivity contribution in [2.75, 3.05) is 31.9 Å². The van der Waals surface area contributed by atoms with Crippen molar-refractivity contribution < 1.29 is 13.9 Å². The van der Waals surface area contributed by atoms with E-state index in [9.17, 15) is 9.18 Å². The number of nitrogens with one attached hydrogen (secondary N) is 1. The average molecular weight is 398 g/mol. The number of nitrogens with zero attached hydrogens (tertiary/aromatic N) is 4. The average Bonchev–Trinajstić information content (AvgIpc) is 3.15. The van der Waals surface area contributed by atoms with E-state index in [1.165, 1.54) is 18.3 Å². The number of aromatic amines is 1. The van der Waals surface area contributed by atoms with Gasteiger partial charge in [-0.2, -0.15) is 5.10 Å². The topological polar surface area (TPSA) is 100 Å². The monoisotopic (exact) mass is 398 g/mol. The van der Waals surface area contributed by atoms with Crippen molar-refractivity contribution in [3.63, 3.8) is 0 Å². The molecule has 1 aliphatic rings. The number of aromatic nitrogens is 3. The number of anilines is 1. The van der Waals surface area contributed by atoms with Gasteiger partial charge in [-0.05, 0) is 32.0 Å². The fourth-order valence-corrected chi connectivity index (χ4v) is 3.47. The van der Waals surface area contributed by atoms with Crippen LogP contribution in [-0.4, -0.2) is 63.1 Å². The smallest absolute Gasteiger partial charge is 0.275 e. The van der Waals surface area contributed by atoms with Crippen molar-refractivity contribution in [2.24, 2.45) is 0 Å². The quantitative estimate of drug-likeness (QED) is 0.656. The zero-order valence-electron chi connectivity index (χ0n) is 16.4. The van der Waals surface area contributed by atoms with Gasteiger partial charge in [0.2, 0.25) is 0 Å². The number of halogens is 1. The lowest BCUT2D eigenvalue weighted by Gasteiger charge is -2.36. The Labute approximate surface area is 167 Å². The van der Waals surface area contributed by atoms with Crippen molar-refractivity contribution in [1.29, 1.82) is 0 Å². The standard InChI is InChI=1S/C20H23FN6O2/c1-12(2)26-7-9-27(10-8-26)20(28)18-17-16(5-6-23-19(17)25-24-18)29-15-4-3-13(22)11-14(15)21/h3-6,11-12H,7-10,22H2,1-2H3,(H,23,24,25). The summed E-state index contributed by atoms with van der Waals surface area (Å²) in [6, 6.07) is 6.21. The van der Waals surface area contributed by atoms with Gasteiger partial charge < -0.3 is 15.4 Å². The summed E-state index contributed by atoms with van der Waals surface area (Å²) in [6.07, 6.45) is 1.51. The van der Waals surface area contributed by atoms with Gasteiger partial charge in [0.05, 0.1) is 5.39 Å². The minimum absolute atomic E-state index is 0.0110. The predicted molar refractivity (Wildman–Crippen MR) is 107 cm³/mol. The second-order valence-electron chi connectivity index (χ2n) is 7.32. The molecule has 29 heavy (non-hydrogen) atoms. The molecule has 1 fully saturated rings. The van der Waals surface area contributed by atoms with Crippen LogP contribution in [0, 0.1) is 5.82 Å². The molecule has 4 rings (SSSR count). The van der Waals surface area contributed by atoms with Gasteiger partial charge in [-0.15, -0.1) is 0 Å². The molecule has 1 saturated heterocycles. The highest BCUT2D eigenvalue weighted by molar-refractivity contribution is 6.06. The number of amides is 1. The maximum absolute atomic E-state index is 14.2. The van der Waals surface area contributed by atoms with Crippen LogP contribution >= 0.6 is 0 Å². The Balaban J connectivity index is 1.63. The number of hydrogen-bond donors (Lipinski definition) is 2. The van der Waals surface area contributed by atoms with Gasteiger partial charge in [0.1, 0.15) is 5.75 Å². The van der Waals surface area contributed by atoms with Gasteiger partial charge >= 0.3 is 0 Å². The first-order valence-corrected chi connectivity index (χ1v) is 9.53. The fraction of sp³-hybridized carbons (Fsp3) is 0.350. The van der Waals surface area contributed by atoms with E-state index in [1.54, 1.807) is 17.0 Å². The normalized spacial score (nSPS) is 15.2. The van der Waals surface area contributed by atoms with Crippen LogP contribution in [-0.2, 0) is 0 Å². The van der Waals surface area contributed by atoms with Crippen LogP contribution in [0.1, 0.15) is 24.3 Å². The van der Waals surface area contributed by atoms with Crippen molar-refractivity contribution in [3.8, 4) is 11.5 Å². The van der Waals surface area contributed by atoms with Crippen LogP contribution in [0.15, 0.2) is 30.5 Å². The molecule has 1 amide bonds. The zero-order valence-corrected chi connectivity index (χ0v) is 16.4. The molecule has 3 aromatic rings. The molecule has 3 N–H and O–H groups in total. The van der Waals surface area contributed by atoms with E-state index >= 15 is 0 Å². The number of nitrogens with two attached hydrogens (primary N) is 1. The second-order valence-corrected chi connectivity index (χ2v) is 7.32. The molecule has 1 aliphatic heterocycles. The Morgan fingerprint density at radius 2 is 1.97 bits per heavy atom. The number of carbonyl (C=O) groups excluding carboxylic acids is 1. The highest BCUT2D eigenvalue weighted by atomic mass is 19.1. The van der Waals surface area contributed by atoms with E-state index in [0.717, 1.165) is 13.1 Å². The maximum atomic E-state index is 14.2. The number of rotatable bonds is 4. The molecule has 0 bridgehead atoms. The van der Waals surface area contributed by atoms with Crippen molar-refractivity contribution >= 4 is 22.6 Å². The third kappa shape index (κ3) is 3.73. The third-order valence-corrected chi connectivity index (χ3v) is 5.13. The summed E-state index contributed by atoms with van der Waals surface area (Å²) in [5, 5.41) is 7.38. The van der Waals surface area contributed by atoms with Crippen LogP contribution < -0.4 is 10.5 Å². The fourth-order valence-electron chi connectivity index (χ4n) is 3.47. The summed E-state index contributed by atoms with van der Waals surface area (Å²) in [7, 11) is 0. The number of fused-ring (bicyclic) bond motifs is 1. The van der Waals surface area contributed by atoms with Gasteiger partial charge in [-0.1, -0.05) is 0 Å². The molecule has 0 saturated carbocycles. The minimum atomic E-state index is -0.587. The molecule has 0 atom stereocenters. The first-order valence-electron chi connectivity index (χ1n) is 9.53. The Hall–Kier alpha value is -3.20. The lowest BCUT2D eigenvalue weighted by Crippen LogP contribution is -2.50. The van der Waals surface area contributed by atoms with Gasteiger partial charge in [0, 0.05) is 50.2 Å². The van der Waals surface area contributed by atoms with Crippen LogP contribution in [0.4, 0.5) is 10.1 Å². The number of H-pyrrole nitrogens is 1. The molecule has 8 nitrogen and oxygen atoms in total. The number of pyridine rings is 1. The number of ether oxygens (including phenoxy) is 1. The Morgan fingerprint density at radius 3 is 2.66 bits per heavy atom. The van der Waals surface area contributed by atoms with Crippen molar-refractivity contribution in [2.45, 2.75) is 19.9 Å². The first kappa shape index (κ1) is 19.1. The van der Waals surface area contributed by atoms with Crippen LogP contribution in [0.25, 0.3) is 11.0 Å². The van der Waals surface area contributed by atoms with Crippen LogP contribution in [0.5, 0.6) is 11.5 Å². The molecule has 152 valence electrons. The molecule has 3 heterocycles. The van der Waals surface area contributed by atoms with Gasteiger partial charge in [-0.3, -0.25) is 14.8 Å². The van der Waals surface area contributed by atoms with Crippen LogP contribution in [0.2, 0.25) is 0 Å². The minimum Gasteiger partial charge on any atom is -0.453 e. The largest absolute Gasteiger partial charge is 0.453 e. The SMILES string of the molecule is CC(C)N1CCN(C(=O)c2n[nH]c3nccc(Oc4ccc(N)cc4F)c23)CC1. The Bertz CT molecular complexity index is 1040. The van der Waals surface area contributed by atoms with E-state index in [2.05, 4.69) is 33.9 Å². The summed E-state index contributed by atoms with van der Waals surface area (Å²) in [5.41, 5.74) is 6.52. The maximum Gasteiger partial charge on any atom is 0.275 e. The number of piperazine rings is 1. The van der Waals surface area contributed by atoms with Gasteiger partial charge in [0.25, 0.3) is 5.91 Å². The van der Waals surface area contributed by atoms with Crippen molar-refractivity contribution in [1.82, 2.24) is 25.0 Å². The highest BCUT2D eigenvalue weighted by Gasteiger charge is 2.28. The summed E-state index contributed by atoms with van der Waals surface area (Å²) in [4.78, 5) is 21.4. The molecule has 2 aromatic heterocycles. The molecule has 9 heteroatoms. The third-order valence-electron chi connectivity index (χ3n) is 5.13. The molecule has 0 unspecified atom stereocenters. The van der Waals surface area contributed by atoms with Gasteiger partial charge in [-0.25, -0.2) is 9.37 Å². The highest BCUT2D eigenvalue weighted by Crippen LogP contribution is 2.32. The molecule has 0 spiro atoms. The lowest BCUT2D eigenvalue weighted by atomic mass is 10.2. The van der Waals surface area contributed by atoms with E-state index in [-0.39, 0.29) is 17.4 Å². The summed E-state index contributed by atoms with van der Waals surface area (Å²) in [6.45, 7) is 7.14. The van der Waals surface area contributed by atoms with E-state index in [0.29, 0.717) is 41.6 Å². The van der Waals surface area contributed by atoms with Crippen LogP contribution in [0.3, 0.4) is 0 Å². The molecule has 1 aromatic carbocycles. The molecular weight excluding hydrogens is 375 g/mol.